The van der Waals surface area contributed by atoms with E-state index in [0.29, 0.717) is 6.54 Å². The number of carbonyl (C=O) groups excluding carboxylic acids is 1. The third-order valence-electron chi connectivity index (χ3n) is 4.78. The standard InChI is InChI=1S/C21H21N3O/c1-15(25)24-12-4-8-16-9-10-19(13-20(16)24)23-14-18-6-2-5-17-7-3-11-22-21(17)18/h2-3,5-7,9-11,13,23H,4,8,12,14H2,1H3. The molecule has 0 bridgehead atoms. The number of para-hydroxylation sites is 1. The van der Waals surface area contributed by atoms with E-state index in [1.165, 1.54) is 11.1 Å². The van der Waals surface area contributed by atoms with Crippen LogP contribution in [0.2, 0.25) is 0 Å². The number of anilines is 2. The lowest BCUT2D eigenvalue weighted by atomic mass is 10.0. The van der Waals surface area contributed by atoms with Gasteiger partial charge in [-0.2, -0.15) is 0 Å². The van der Waals surface area contributed by atoms with Crippen LogP contribution in [-0.2, 0) is 17.8 Å². The zero-order chi connectivity index (χ0) is 17.2. The summed E-state index contributed by atoms with van der Waals surface area (Å²) in [6.07, 6.45) is 3.89. The molecule has 2 heterocycles. The Labute approximate surface area is 147 Å². The molecule has 1 N–H and O–H groups in total. The van der Waals surface area contributed by atoms with Gasteiger partial charge in [-0.25, -0.2) is 0 Å². The van der Waals surface area contributed by atoms with Gasteiger partial charge >= 0.3 is 0 Å². The molecule has 0 unspecified atom stereocenters. The van der Waals surface area contributed by atoms with Crippen molar-refractivity contribution in [1.82, 2.24) is 4.98 Å². The van der Waals surface area contributed by atoms with E-state index in [4.69, 9.17) is 0 Å². The van der Waals surface area contributed by atoms with Crippen LogP contribution in [0.1, 0.15) is 24.5 Å². The predicted octanol–water partition coefficient (Wildman–Crippen LogP) is 4.15. The van der Waals surface area contributed by atoms with E-state index >= 15 is 0 Å². The molecular weight excluding hydrogens is 310 g/mol. The first kappa shape index (κ1) is 15.6. The minimum absolute atomic E-state index is 0.108. The average Bonchev–Trinajstić information content (AvgIpc) is 2.65. The van der Waals surface area contributed by atoms with Gasteiger partial charge in [0, 0.05) is 43.0 Å². The highest BCUT2D eigenvalue weighted by Crippen LogP contribution is 2.30. The largest absolute Gasteiger partial charge is 0.381 e. The first-order valence-corrected chi connectivity index (χ1v) is 8.70. The lowest BCUT2D eigenvalue weighted by molar-refractivity contribution is -0.116. The van der Waals surface area contributed by atoms with E-state index in [0.717, 1.165) is 41.7 Å². The zero-order valence-electron chi connectivity index (χ0n) is 14.3. The van der Waals surface area contributed by atoms with Gasteiger partial charge in [-0.05, 0) is 42.2 Å². The van der Waals surface area contributed by atoms with Gasteiger partial charge in [-0.15, -0.1) is 0 Å². The molecule has 3 aromatic rings. The minimum Gasteiger partial charge on any atom is -0.381 e. The van der Waals surface area contributed by atoms with Crippen molar-refractivity contribution in [2.75, 3.05) is 16.8 Å². The number of benzene rings is 2. The highest BCUT2D eigenvalue weighted by atomic mass is 16.2. The average molecular weight is 331 g/mol. The van der Waals surface area contributed by atoms with Crippen molar-refractivity contribution in [1.29, 1.82) is 0 Å². The number of hydrogen-bond acceptors (Lipinski definition) is 3. The Balaban J connectivity index is 1.59. The molecule has 0 spiro atoms. The quantitative estimate of drug-likeness (QED) is 0.784. The number of fused-ring (bicyclic) bond motifs is 2. The molecule has 0 radical (unpaired) electrons. The predicted molar refractivity (Wildman–Crippen MR) is 102 cm³/mol. The van der Waals surface area contributed by atoms with Crippen LogP contribution < -0.4 is 10.2 Å². The molecule has 4 nitrogen and oxygen atoms in total. The number of nitrogens with one attached hydrogen (secondary N) is 1. The van der Waals surface area contributed by atoms with E-state index in [-0.39, 0.29) is 5.91 Å². The molecule has 1 aliphatic heterocycles. The summed E-state index contributed by atoms with van der Waals surface area (Å²) in [6.45, 7) is 3.14. The van der Waals surface area contributed by atoms with Crippen molar-refractivity contribution in [2.45, 2.75) is 26.3 Å². The molecule has 0 fully saturated rings. The van der Waals surface area contributed by atoms with Crippen molar-refractivity contribution >= 4 is 28.2 Å². The van der Waals surface area contributed by atoms with Crippen molar-refractivity contribution < 1.29 is 4.79 Å². The molecule has 25 heavy (non-hydrogen) atoms. The SMILES string of the molecule is CC(=O)N1CCCc2ccc(NCc3cccc4cccnc34)cc21. The molecule has 126 valence electrons. The third kappa shape index (κ3) is 3.07. The highest BCUT2D eigenvalue weighted by Gasteiger charge is 2.20. The molecule has 0 saturated carbocycles. The second-order valence-electron chi connectivity index (χ2n) is 6.46. The van der Waals surface area contributed by atoms with Gasteiger partial charge in [-0.1, -0.05) is 30.3 Å². The normalized spacial score (nSPS) is 13.6. The highest BCUT2D eigenvalue weighted by molar-refractivity contribution is 5.93. The number of pyridine rings is 1. The van der Waals surface area contributed by atoms with Crippen LogP contribution >= 0.6 is 0 Å². The Morgan fingerprint density at radius 2 is 2.08 bits per heavy atom. The molecule has 1 amide bonds. The van der Waals surface area contributed by atoms with Crippen molar-refractivity contribution in [3.63, 3.8) is 0 Å². The fraction of sp³-hybridized carbons (Fsp3) is 0.238. The second-order valence-corrected chi connectivity index (χ2v) is 6.46. The molecule has 4 rings (SSSR count). The number of nitrogens with zero attached hydrogens (tertiary/aromatic N) is 2. The van der Waals surface area contributed by atoms with Crippen LogP contribution in [0.25, 0.3) is 10.9 Å². The van der Waals surface area contributed by atoms with Crippen LogP contribution in [0.4, 0.5) is 11.4 Å². The molecule has 0 atom stereocenters. The molecule has 4 heteroatoms. The lowest BCUT2D eigenvalue weighted by Crippen LogP contribution is -2.33. The Kier molecular flexibility index (Phi) is 4.10. The zero-order valence-corrected chi connectivity index (χ0v) is 14.3. The van der Waals surface area contributed by atoms with E-state index in [1.54, 1.807) is 6.92 Å². The fourth-order valence-corrected chi connectivity index (χ4v) is 3.52. The molecule has 0 saturated heterocycles. The Morgan fingerprint density at radius 3 is 2.96 bits per heavy atom. The van der Waals surface area contributed by atoms with E-state index in [1.807, 2.05) is 17.2 Å². The number of aryl methyl sites for hydroxylation is 1. The maximum Gasteiger partial charge on any atom is 0.223 e. The Hall–Kier alpha value is -2.88. The number of hydrogen-bond donors (Lipinski definition) is 1. The molecule has 1 aliphatic rings. The van der Waals surface area contributed by atoms with Gasteiger partial charge in [0.1, 0.15) is 0 Å². The first-order valence-electron chi connectivity index (χ1n) is 8.70. The molecule has 0 aliphatic carbocycles. The number of carbonyl (C=O) groups is 1. The number of rotatable bonds is 3. The van der Waals surface area contributed by atoms with E-state index in [9.17, 15) is 4.79 Å². The summed E-state index contributed by atoms with van der Waals surface area (Å²) in [7, 11) is 0. The van der Waals surface area contributed by atoms with Gasteiger partial charge in [0.2, 0.25) is 5.91 Å². The molecular formula is C21H21N3O. The monoisotopic (exact) mass is 331 g/mol. The summed E-state index contributed by atoms with van der Waals surface area (Å²) in [5, 5.41) is 4.63. The summed E-state index contributed by atoms with van der Waals surface area (Å²) in [5.74, 6) is 0.108. The van der Waals surface area contributed by atoms with Crippen molar-refractivity contribution in [2.24, 2.45) is 0 Å². The van der Waals surface area contributed by atoms with Gasteiger partial charge in [-0.3, -0.25) is 9.78 Å². The molecule has 1 aromatic heterocycles. The number of amides is 1. The maximum absolute atomic E-state index is 11.9. The van der Waals surface area contributed by atoms with Crippen LogP contribution in [-0.4, -0.2) is 17.4 Å². The number of aromatic nitrogens is 1. The van der Waals surface area contributed by atoms with Crippen molar-refractivity contribution in [3.05, 3.63) is 65.9 Å². The first-order chi connectivity index (χ1) is 12.2. The fourth-order valence-electron chi connectivity index (χ4n) is 3.52. The lowest BCUT2D eigenvalue weighted by Gasteiger charge is -2.29. The van der Waals surface area contributed by atoms with Gasteiger partial charge in [0.15, 0.2) is 0 Å². The van der Waals surface area contributed by atoms with Crippen molar-refractivity contribution in [3.8, 4) is 0 Å². The van der Waals surface area contributed by atoms with E-state index in [2.05, 4.69) is 52.8 Å². The summed E-state index contributed by atoms with van der Waals surface area (Å²) < 4.78 is 0. The van der Waals surface area contributed by atoms with Crippen LogP contribution in [0.15, 0.2) is 54.7 Å². The Morgan fingerprint density at radius 1 is 1.20 bits per heavy atom. The summed E-state index contributed by atoms with van der Waals surface area (Å²) in [6, 6.07) is 16.6. The Bertz CT molecular complexity index is 930. The van der Waals surface area contributed by atoms with Crippen LogP contribution in [0, 0.1) is 0 Å². The van der Waals surface area contributed by atoms with E-state index < -0.39 is 0 Å². The molecule has 2 aromatic carbocycles. The summed E-state index contributed by atoms with van der Waals surface area (Å²) >= 11 is 0. The minimum atomic E-state index is 0.108. The van der Waals surface area contributed by atoms with Crippen LogP contribution in [0.3, 0.4) is 0 Å². The second kappa shape index (κ2) is 6.55. The van der Waals surface area contributed by atoms with Gasteiger partial charge in [0.05, 0.1) is 5.52 Å². The van der Waals surface area contributed by atoms with Gasteiger partial charge < -0.3 is 10.2 Å². The van der Waals surface area contributed by atoms with Crippen LogP contribution in [0.5, 0.6) is 0 Å². The topological polar surface area (TPSA) is 45.2 Å². The van der Waals surface area contributed by atoms with Gasteiger partial charge in [0.25, 0.3) is 0 Å². The smallest absolute Gasteiger partial charge is 0.223 e. The third-order valence-corrected chi connectivity index (χ3v) is 4.78. The summed E-state index contributed by atoms with van der Waals surface area (Å²) in [5.41, 5.74) is 5.51. The summed E-state index contributed by atoms with van der Waals surface area (Å²) in [4.78, 5) is 18.3. The maximum atomic E-state index is 11.9.